The Bertz CT molecular complexity index is 302. The molecule has 0 heterocycles. The molecule has 1 aromatic rings. The second kappa shape index (κ2) is 3.18. The van der Waals surface area contributed by atoms with E-state index >= 15 is 0 Å². The summed E-state index contributed by atoms with van der Waals surface area (Å²) in [6.07, 6.45) is 4.95. The van der Waals surface area contributed by atoms with Gasteiger partial charge in [-0.05, 0) is 34.7 Å². The van der Waals surface area contributed by atoms with Gasteiger partial charge in [0.1, 0.15) is 11.6 Å². The number of halogens is 3. The van der Waals surface area contributed by atoms with Crippen molar-refractivity contribution in [1.29, 1.82) is 0 Å². The maximum absolute atomic E-state index is 12.7. The molecule has 0 aliphatic carbocycles. The molecule has 56 valence electrons. The summed E-state index contributed by atoms with van der Waals surface area (Å²) in [6, 6.07) is 2.26. The van der Waals surface area contributed by atoms with Gasteiger partial charge in [-0.3, -0.25) is 0 Å². The highest BCUT2D eigenvalue weighted by Gasteiger charge is 2.05. The average molecular weight is 264 g/mol. The summed E-state index contributed by atoms with van der Waals surface area (Å²) < 4.78 is 25.3. The van der Waals surface area contributed by atoms with Crippen molar-refractivity contribution in [2.75, 3.05) is 0 Å². The molecule has 0 nitrogen and oxygen atoms in total. The van der Waals surface area contributed by atoms with Crippen LogP contribution in [-0.4, -0.2) is 0 Å². The van der Waals surface area contributed by atoms with Crippen LogP contribution in [0, 0.1) is 27.5 Å². The van der Waals surface area contributed by atoms with Crippen molar-refractivity contribution in [2.24, 2.45) is 0 Å². The molecular weight excluding hydrogens is 261 g/mol. The van der Waals surface area contributed by atoms with Crippen LogP contribution in [0.15, 0.2) is 12.1 Å². The quantitative estimate of drug-likeness (QED) is 0.384. The average Bonchev–Trinajstić information content (AvgIpc) is 1.99. The minimum absolute atomic E-state index is 0.0263. The first-order chi connectivity index (χ1) is 5.15. The van der Waals surface area contributed by atoms with Gasteiger partial charge in [-0.15, -0.1) is 6.42 Å². The molecule has 0 aliphatic heterocycles. The summed E-state index contributed by atoms with van der Waals surface area (Å²) in [4.78, 5) is 0. The monoisotopic (exact) mass is 264 g/mol. The van der Waals surface area contributed by atoms with Gasteiger partial charge in [-0.25, -0.2) is 8.78 Å². The lowest BCUT2D eigenvalue weighted by molar-refractivity contribution is 0.570. The van der Waals surface area contributed by atoms with E-state index in [2.05, 4.69) is 5.92 Å². The summed E-state index contributed by atoms with van der Waals surface area (Å²) in [5, 5.41) is 0. The third kappa shape index (κ3) is 1.69. The van der Waals surface area contributed by atoms with Crippen molar-refractivity contribution >= 4 is 22.6 Å². The van der Waals surface area contributed by atoms with Crippen molar-refractivity contribution in [1.82, 2.24) is 0 Å². The lowest BCUT2D eigenvalue weighted by Crippen LogP contribution is -1.89. The largest absolute Gasteiger partial charge is 0.206 e. The first kappa shape index (κ1) is 8.47. The van der Waals surface area contributed by atoms with E-state index < -0.39 is 11.6 Å². The Morgan fingerprint density at radius 1 is 1.27 bits per heavy atom. The predicted octanol–water partition coefficient (Wildman–Crippen LogP) is 2.55. The van der Waals surface area contributed by atoms with Gasteiger partial charge in [0.25, 0.3) is 0 Å². The molecule has 0 atom stereocenters. The number of rotatable bonds is 0. The van der Waals surface area contributed by atoms with E-state index in [9.17, 15) is 8.78 Å². The molecule has 0 amide bonds. The summed E-state index contributed by atoms with van der Waals surface area (Å²) in [7, 11) is 0. The Balaban J connectivity index is 3.35. The van der Waals surface area contributed by atoms with Gasteiger partial charge in [0.2, 0.25) is 0 Å². The van der Waals surface area contributed by atoms with Gasteiger partial charge in [0, 0.05) is 5.56 Å². The molecule has 0 saturated heterocycles. The van der Waals surface area contributed by atoms with Crippen molar-refractivity contribution in [3.05, 3.63) is 32.9 Å². The van der Waals surface area contributed by atoms with Gasteiger partial charge in [0.15, 0.2) is 0 Å². The normalized spacial score (nSPS) is 9.27. The topological polar surface area (TPSA) is 0 Å². The molecule has 0 bridgehead atoms. The van der Waals surface area contributed by atoms with Crippen molar-refractivity contribution in [2.45, 2.75) is 0 Å². The van der Waals surface area contributed by atoms with E-state index in [4.69, 9.17) is 6.42 Å². The Kier molecular flexibility index (Phi) is 2.45. The molecule has 0 spiro atoms. The van der Waals surface area contributed by atoms with Crippen LogP contribution >= 0.6 is 22.6 Å². The van der Waals surface area contributed by atoms with Crippen LogP contribution in [0.25, 0.3) is 0 Å². The van der Waals surface area contributed by atoms with Crippen molar-refractivity contribution in [3.8, 4) is 12.3 Å². The lowest BCUT2D eigenvalue weighted by Gasteiger charge is -1.96. The minimum atomic E-state index is -0.612. The molecule has 0 saturated carbocycles. The minimum Gasteiger partial charge on any atom is -0.206 e. The fourth-order valence-corrected chi connectivity index (χ4v) is 0.950. The fourth-order valence-electron chi connectivity index (χ4n) is 0.639. The number of hydrogen-bond donors (Lipinski definition) is 0. The van der Waals surface area contributed by atoms with E-state index in [-0.39, 0.29) is 9.13 Å². The zero-order valence-corrected chi connectivity index (χ0v) is 7.52. The Hall–Kier alpha value is -0.630. The van der Waals surface area contributed by atoms with Gasteiger partial charge >= 0.3 is 0 Å². The second-order valence-electron chi connectivity index (χ2n) is 1.90. The number of terminal acetylenes is 1. The highest BCUT2D eigenvalue weighted by atomic mass is 127. The fraction of sp³-hybridized carbons (Fsp3) is 0. The van der Waals surface area contributed by atoms with Crippen LogP contribution in [0.1, 0.15) is 5.56 Å². The van der Waals surface area contributed by atoms with Crippen molar-refractivity contribution < 1.29 is 8.78 Å². The molecule has 0 radical (unpaired) electrons. The highest BCUT2D eigenvalue weighted by molar-refractivity contribution is 14.1. The zero-order valence-electron chi connectivity index (χ0n) is 5.37. The van der Waals surface area contributed by atoms with E-state index in [0.29, 0.717) is 0 Å². The van der Waals surface area contributed by atoms with Crippen LogP contribution in [-0.2, 0) is 0 Å². The molecule has 3 heteroatoms. The molecule has 0 unspecified atom stereocenters. The van der Waals surface area contributed by atoms with E-state index in [1.807, 2.05) is 0 Å². The van der Waals surface area contributed by atoms with E-state index in [1.165, 1.54) is 0 Å². The first-order valence-electron chi connectivity index (χ1n) is 2.76. The van der Waals surface area contributed by atoms with Crippen LogP contribution in [0.3, 0.4) is 0 Å². The third-order valence-corrected chi connectivity index (χ3v) is 2.18. The summed E-state index contributed by atoms with van der Waals surface area (Å²) in [6.45, 7) is 0. The van der Waals surface area contributed by atoms with E-state index in [1.54, 1.807) is 22.6 Å². The van der Waals surface area contributed by atoms with Crippen LogP contribution in [0.5, 0.6) is 0 Å². The van der Waals surface area contributed by atoms with Crippen LogP contribution in [0.2, 0.25) is 0 Å². The summed E-state index contributed by atoms with van der Waals surface area (Å²) >= 11 is 1.58. The highest BCUT2D eigenvalue weighted by Crippen LogP contribution is 2.16. The van der Waals surface area contributed by atoms with Gasteiger partial charge < -0.3 is 0 Å². The standard InChI is InChI=1S/C8H3F2I/c1-2-5-3-6(9)8(11)7(10)4-5/h1,3-4H. The van der Waals surface area contributed by atoms with E-state index in [0.717, 1.165) is 12.1 Å². The lowest BCUT2D eigenvalue weighted by atomic mass is 10.2. The third-order valence-electron chi connectivity index (χ3n) is 1.15. The Morgan fingerprint density at radius 2 is 1.73 bits per heavy atom. The van der Waals surface area contributed by atoms with Crippen LogP contribution < -0.4 is 0 Å². The zero-order chi connectivity index (χ0) is 8.43. The molecular formula is C8H3F2I. The van der Waals surface area contributed by atoms with Crippen molar-refractivity contribution in [3.63, 3.8) is 0 Å². The smallest absolute Gasteiger partial charge is 0.140 e. The maximum atomic E-state index is 12.7. The number of hydrogen-bond acceptors (Lipinski definition) is 0. The summed E-state index contributed by atoms with van der Waals surface area (Å²) in [5.74, 6) is 0.928. The maximum Gasteiger partial charge on any atom is 0.140 e. The first-order valence-corrected chi connectivity index (χ1v) is 3.84. The number of benzene rings is 1. The molecule has 1 rings (SSSR count). The van der Waals surface area contributed by atoms with Gasteiger partial charge in [0.05, 0.1) is 3.57 Å². The summed E-state index contributed by atoms with van der Waals surface area (Å²) in [5.41, 5.74) is 0.223. The SMILES string of the molecule is C#Cc1cc(F)c(I)c(F)c1. The molecule has 0 aliphatic rings. The predicted molar refractivity (Wildman–Crippen MR) is 47.0 cm³/mol. The Morgan fingerprint density at radius 3 is 2.09 bits per heavy atom. The second-order valence-corrected chi connectivity index (χ2v) is 2.98. The molecule has 1 aromatic carbocycles. The van der Waals surface area contributed by atoms with Gasteiger partial charge in [-0.1, -0.05) is 5.92 Å². The Labute approximate surface area is 76.8 Å². The molecule has 11 heavy (non-hydrogen) atoms. The molecule has 0 N–H and O–H groups in total. The van der Waals surface area contributed by atoms with Gasteiger partial charge in [-0.2, -0.15) is 0 Å². The molecule has 0 fully saturated rings. The van der Waals surface area contributed by atoms with Crippen LogP contribution in [0.4, 0.5) is 8.78 Å². The molecule has 0 aromatic heterocycles.